The van der Waals surface area contributed by atoms with E-state index in [1.807, 2.05) is 12.1 Å². The van der Waals surface area contributed by atoms with Crippen LogP contribution in [-0.4, -0.2) is 48.5 Å². The van der Waals surface area contributed by atoms with E-state index in [-0.39, 0.29) is 30.9 Å². The van der Waals surface area contributed by atoms with Gasteiger partial charge in [0.25, 0.3) is 5.91 Å². The molecule has 4 rings (SSSR count). The first-order chi connectivity index (χ1) is 15.9. The van der Waals surface area contributed by atoms with Crippen LogP contribution in [0, 0.1) is 0 Å². The first-order valence-electron chi connectivity index (χ1n) is 11.3. The van der Waals surface area contributed by atoms with Gasteiger partial charge in [-0.1, -0.05) is 35.3 Å². The fourth-order valence-electron chi connectivity index (χ4n) is 4.95. The van der Waals surface area contributed by atoms with Crippen LogP contribution in [0.4, 0.5) is 0 Å². The molecule has 2 atom stereocenters. The number of nitrogens with zero attached hydrogens (tertiary/aromatic N) is 1. The van der Waals surface area contributed by atoms with Gasteiger partial charge < -0.3 is 15.4 Å². The minimum absolute atomic E-state index is 0.0945. The van der Waals surface area contributed by atoms with Gasteiger partial charge >= 0.3 is 0 Å². The summed E-state index contributed by atoms with van der Waals surface area (Å²) in [5.41, 5.74) is 1.92. The van der Waals surface area contributed by atoms with Crippen molar-refractivity contribution in [2.45, 2.75) is 56.8 Å². The van der Waals surface area contributed by atoms with E-state index in [1.165, 1.54) is 5.56 Å². The highest BCUT2D eigenvalue weighted by Crippen LogP contribution is 2.37. The molecule has 0 aromatic heterocycles. The first kappa shape index (κ1) is 23.9. The van der Waals surface area contributed by atoms with Gasteiger partial charge in [-0.3, -0.25) is 14.5 Å². The Hall–Kier alpha value is -2.28. The highest BCUT2D eigenvalue weighted by atomic mass is 35.5. The lowest BCUT2D eigenvalue weighted by molar-refractivity contribution is -0.124. The van der Waals surface area contributed by atoms with Crippen LogP contribution in [0.5, 0.6) is 5.75 Å². The SMILES string of the molecule is CNC(=O)Cc1cc(Cl)ccc1OCC(=O)NC1CC2CCC(C1)N2Cc1ccc(Cl)cc1. The number of amides is 2. The van der Waals surface area contributed by atoms with Gasteiger partial charge in [0.1, 0.15) is 5.75 Å². The molecule has 2 saturated heterocycles. The fraction of sp³-hybridized carbons (Fsp3) is 0.440. The van der Waals surface area contributed by atoms with Crippen LogP contribution in [0.2, 0.25) is 10.0 Å². The molecule has 2 N–H and O–H groups in total. The van der Waals surface area contributed by atoms with E-state index >= 15 is 0 Å². The normalized spacial score (nSPS) is 22.1. The average molecular weight is 490 g/mol. The minimum Gasteiger partial charge on any atom is -0.483 e. The number of fused-ring (bicyclic) bond motifs is 2. The molecular formula is C25H29Cl2N3O3. The number of halogens is 2. The van der Waals surface area contributed by atoms with Crippen molar-refractivity contribution in [1.29, 1.82) is 0 Å². The average Bonchev–Trinajstić information content (AvgIpc) is 3.02. The molecule has 176 valence electrons. The maximum absolute atomic E-state index is 12.6. The molecule has 2 amide bonds. The molecule has 2 heterocycles. The Balaban J connectivity index is 1.29. The number of carbonyl (C=O) groups excluding carboxylic acids is 2. The van der Waals surface area contributed by atoms with Crippen molar-refractivity contribution in [3.63, 3.8) is 0 Å². The highest BCUT2D eigenvalue weighted by Gasteiger charge is 2.40. The summed E-state index contributed by atoms with van der Waals surface area (Å²) in [6.07, 6.45) is 4.35. The predicted octanol–water partition coefficient (Wildman–Crippen LogP) is 3.97. The zero-order valence-electron chi connectivity index (χ0n) is 18.7. The Morgan fingerprint density at radius 3 is 2.33 bits per heavy atom. The zero-order chi connectivity index (χ0) is 23.4. The number of hydrogen-bond acceptors (Lipinski definition) is 4. The largest absolute Gasteiger partial charge is 0.483 e. The number of piperidine rings is 1. The summed E-state index contributed by atoms with van der Waals surface area (Å²) in [5.74, 6) is 0.204. The molecule has 8 heteroatoms. The van der Waals surface area contributed by atoms with E-state index in [0.717, 1.165) is 37.3 Å². The Morgan fingerprint density at radius 2 is 1.67 bits per heavy atom. The molecule has 2 aliphatic heterocycles. The van der Waals surface area contributed by atoms with Gasteiger partial charge in [0, 0.05) is 47.3 Å². The van der Waals surface area contributed by atoms with Crippen LogP contribution in [-0.2, 0) is 22.6 Å². The van der Waals surface area contributed by atoms with Crippen LogP contribution in [0.25, 0.3) is 0 Å². The third-order valence-electron chi connectivity index (χ3n) is 6.54. The molecule has 2 aliphatic rings. The Bertz CT molecular complexity index is 985. The van der Waals surface area contributed by atoms with E-state index in [1.54, 1.807) is 25.2 Å². The molecule has 0 saturated carbocycles. The Morgan fingerprint density at radius 1 is 1.00 bits per heavy atom. The van der Waals surface area contributed by atoms with Crippen LogP contribution < -0.4 is 15.4 Å². The van der Waals surface area contributed by atoms with Crippen LogP contribution in [0.3, 0.4) is 0 Å². The van der Waals surface area contributed by atoms with E-state index in [2.05, 4.69) is 27.7 Å². The van der Waals surface area contributed by atoms with Crippen molar-refractivity contribution in [3.05, 3.63) is 63.6 Å². The topological polar surface area (TPSA) is 70.7 Å². The van der Waals surface area contributed by atoms with E-state index in [0.29, 0.717) is 28.4 Å². The number of hydrogen-bond donors (Lipinski definition) is 2. The van der Waals surface area contributed by atoms with Crippen molar-refractivity contribution >= 4 is 35.0 Å². The minimum atomic E-state index is -0.147. The van der Waals surface area contributed by atoms with Gasteiger partial charge in [0.15, 0.2) is 6.61 Å². The molecule has 2 unspecified atom stereocenters. The lowest BCUT2D eigenvalue weighted by Crippen LogP contribution is -2.50. The fourth-order valence-corrected chi connectivity index (χ4v) is 5.27. The van der Waals surface area contributed by atoms with Gasteiger partial charge in [-0.2, -0.15) is 0 Å². The molecule has 33 heavy (non-hydrogen) atoms. The van der Waals surface area contributed by atoms with E-state index in [4.69, 9.17) is 27.9 Å². The first-order valence-corrected chi connectivity index (χ1v) is 12.1. The molecule has 2 bridgehead atoms. The van der Waals surface area contributed by atoms with Crippen LogP contribution in [0.15, 0.2) is 42.5 Å². The van der Waals surface area contributed by atoms with Crippen molar-refractivity contribution < 1.29 is 14.3 Å². The number of likely N-dealkylation sites (N-methyl/N-ethyl adjacent to an activating group) is 1. The lowest BCUT2D eigenvalue weighted by Gasteiger charge is -2.39. The second-order valence-electron chi connectivity index (χ2n) is 8.81. The molecule has 0 radical (unpaired) electrons. The number of nitrogens with one attached hydrogen (secondary N) is 2. The van der Waals surface area contributed by atoms with Gasteiger partial charge in [-0.15, -0.1) is 0 Å². The summed E-state index contributed by atoms with van der Waals surface area (Å²) in [6.45, 7) is 0.823. The highest BCUT2D eigenvalue weighted by molar-refractivity contribution is 6.30. The summed E-state index contributed by atoms with van der Waals surface area (Å²) in [6, 6.07) is 14.2. The molecule has 2 fully saturated rings. The summed E-state index contributed by atoms with van der Waals surface area (Å²) >= 11 is 12.1. The van der Waals surface area contributed by atoms with Crippen LogP contribution >= 0.6 is 23.2 Å². The molecule has 2 aromatic rings. The maximum atomic E-state index is 12.6. The number of carbonyl (C=O) groups is 2. The summed E-state index contributed by atoms with van der Waals surface area (Å²) < 4.78 is 5.75. The summed E-state index contributed by atoms with van der Waals surface area (Å²) in [7, 11) is 1.58. The van der Waals surface area contributed by atoms with Crippen molar-refractivity contribution in [3.8, 4) is 5.75 Å². The van der Waals surface area contributed by atoms with Gasteiger partial charge in [-0.05, 0) is 61.6 Å². The van der Waals surface area contributed by atoms with E-state index < -0.39 is 0 Å². The molecule has 0 aliphatic carbocycles. The number of rotatable bonds is 8. The second kappa shape index (κ2) is 10.8. The zero-order valence-corrected chi connectivity index (χ0v) is 20.2. The molecule has 0 spiro atoms. The Kier molecular flexibility index (Phi) is 7.78. The summed E-state index contributed by atoms with van der Waals surface area (Å²) in [5, 5.41) is 7.01. The van der Waals surface area contributed by atoms with Crippen molar-refractivity contribution in [2.75, 3.05) is 13.7 Å². The molecule has 2 aromatic carbocycles. The Labute approximate surface area is 204 Å². The van der Waals surface area contributed by atoms with Crippen molar-refractivity contribution in [1.82, 2.24) is 15.5 Å². The predicted molar refractivity (Wildman–Crippen MR) is 130 cm³/mol. The number of ether oxygens (including phenoxy) is 1. The third kappa shape index (κ3) is 6.19. The monoisotopic (exact) mass is 489 g/mol. The quantitative estimate of drug-likeness (QED) is 0.588. The number of benzene rings is 2. The van der Waals surface area contributed by atoms with Gasteiger partial charge in [-0.25, -0.2) is 0 Å². The second-order valence-corrected chi connectivity index (χ2v) is 9.68. The lowest BCUT2D eigenvalue weighted by atomic mass is 9.96. The van der Waals surface area contributed by atoms with Crippen LogP contribution in [0.1, 0.15) is 36.8 Å². The van der Waals surface area contributed by atoms with Crippen molar-refractivity contribution in [2.24, 2.45) is 0 Å². The maximum Gasteiger partial charge on any atom is 0.258 e. The van der Waals surface area contributed by atoms with E-state index in [9.17, 15) is 9.59 Å². The third-order valence-corrected chi connectivity index (χ3v) is 7.03. The smallest absolute Gasteiger partial charge is 0.258 e. The summed E-state index contributed by atoms with van der Waals surface area (Å²) in [4.78, 5) is 27.0. The standard InChI is InChI=1S/C25H29Cl2N3O3/c1-28-24(31)11-17-10-19(27)6-9-23(17)33-15-25(32)29-20-12-21-7-8-22(13-20)30(21)14-16-2-4-18(26)5-3-16/h2-6,9-10,20-22H,7-8,11-15H2,1H3,(H,28,31)(H,29,32). The van der Waals surface area contributed by atoms with Gasteiger partial charge in [0.2, 0.25) is 5.91 Å². The van der Waals surface area contributed by atoms with Gasteiger partial charge in [0.05, 0.1) is 6.42 Å². The molecule has 6 nitrogen and oxygen atoms in total. The molecular weight excluding hydrogens is 461 g/mol.